The maximum atomic E-state index is 12.4. The van der Waals surface area contributed by atoms with E-state index < -0.39 is 0 Å². The molecule has 132 valence electrons. The number of nitrogens with zero attached hydrogens (tertiary/aromatic N) is 2. The molecule has 1 aromatic rings. The molecule has 3 rings (SSSR count). The van der Waals surface area contributed by atoms with Crippen molar-refractivity contribution in [2.75, 3.05) is 33.2 Å². The number of likely N-dealkylation sites (tertiary alicyclic amines) is 2. The topological polar surface area (TPSA) is 35.6 Å². The van der Waals surface area contributed by atoms with Gasteiger partial charge in [0.15, 0.2) is 0 Å². The van der Waals surface area contributed by atoms with Gasteiger partial charge in [-0.3, -0.25) is 9.69 Å². The van der Waals surface area contributed by atoms with E-state index in [-0.39, 0.29) is 5.91 Å². The lowest BCUT2D eigenvalue weighted by molar-refractivity contribution is -0.121. The molecule has 0 saturated carbocycles. The van der Waals surface area contributed by atoms with Gasteiger partial charge in [0.1, 0.15) is 0 Å². The Hall–Kier alpha value is -1.39. The van der Waals surface area contributed by atoms with Crippen LogP contribution in [-0.4, -0.2) is 61.0 Å². The molecule has 2 saturated heterocycles. The molecule has 0 radical (unpaired) electrons. The Morgan fingerprint density at radius 2 is 1.92 bits per heavy atom. The molecule has 2 fully saturated rings. The van der Waals surface area contributed by atoms with Crippen LogP contribution in [0.25, 0.3) is 0 Å². The molecule has 4 nitrogen and oxygen atoms in total. The highest BCUT2D eigenvalue weighted by molar-refractivity contribution is 5.79. The summed E-state index contributed by atoms with van der Waals surface area (Å²) in [4.78, 5) is 17.5. The first-order valence-corrected chi connectivity index (χ1v) is 9.38. The van der Waals surface area contributed by atoms with Gasteiger partial charge in [0.2, 0.25) is 5.91 Å². The third kappa shape index (κ3) is 4.58. The zero-order valence-electron chi connectivity index (χ0n) is 15.1. The molecule has 0 spiro atoms. The Balaban J connectivity index is 1.50. The summed E-state index contributed by atoms with van der Waals surface area (Å²) in [6.45, 7) is 6.69. The monoisotopic (exact) mass is 329 g/mol. The van der Waals surface area contributed by atoms with Crippen LogP contribution in [0.2, 0.25) is 0 Å². The highest BCUT2D eigenvalue weighted by Crippen LogP contribution is 2.20. The van der Waals surface area contributed by atoms with Crippen LogP contribution in [0.3, 0.4) is 0 Å². The Kier molecular flexibility index (Phi) is 5.90. The molecule has 0 aliphatic carbocycles. The van der Waals surface area contributed by atoms with Gasteiger partial charge in [-0.15, -0.1) is 0 Å². The second-order valence-corrected chi connectivity index (χ2v) is 7.54. The van der Waals surface area contributed by atoms with Crippen molar-refractivity contribution in [1.29, 1.82) is 0 Å². The predicted octanol–water partition coefficient (Wildman–Crippen LogP) is 2.21. The van der Waals surface area contributed by atoms with E-state index >= 15 is 0 Å². The number of rotatable bonds is 4. The van der Waals surface area contributed by atoms with Crippen molar-refractivity contribution in [3.8, 4) is 0 Å². The van der Waals surface area contributed by atoms with Crippen LogP contribution in [0.15, 0.2) is 24.3 Å². The summed E-state index contributed by atoms with van der Waals surface area (Å²) >= 11 is 0. The molecule has 0 bridgehead atoms. The number of benzene rings is 1. The van der Waals surface area contributed by atoms with E-state index in [1.54, 1.807) is 0 Å². The Morgan fingerprint density at radius 3 is 2.67 bits per heavy atom. The first kappa shape index (κ1) is 17.4. The molecular formula is C20H31N3O. The second-order valence-electron chi connectivity index (χ2n) is 7.54. The molecule has 1 aromatic carbocycles. The number of carbonyl (C=O) groups excluding carboxylic acids is 1. The number of piperidine rings is 2. The van der Waals surface area contributed by atoms with Crippen LogP contribution in [0.1, 0.15) is 36.8 Å². The zero-order valence-corrected chi connectivity index (χ0v) is 15.1. The van der Waals surface area contributed by atoms with Crippen LogP contribution in [0.4, 0.5) is 0 Å². The summed E-state index contributed by atoms with van der Waals surface area (Å²) in [6, 6.07) is 9.19. The van der Waals surface area contributed by atoms with Crippen molar-refractivity contribution in [2.45, 2.75) is 51.1 Å². The van der Waals surface area contributed by atoms with Crippen LogP contribution in [0.5, 0.6) is 0 Å². The van der Waals surface area contributed by atoms with Crippen molar-refractivity contribution >= 4 is 5.91 Å². The van der Waals surface area contributed by atoms with E-state index in [0.717, 1.165) is 18.5 Å². The average Bonchev–Trinajstić information content (AvgIpc) is 2.58. The summed E-state index contributed by atoms with van der Waals surface area (Å²) < 4.78 is 0. The van der Waals surface area contributed by atoms with E-state index in [0.29, 0.717) is 18.5 Å². The van der Waals surface area contributed by atoms with E-state index in [2.05, 4.69) is 41.2 Å². The van der Waals surface area contributed by atoms with Gasteiger partial charge >= 0.3 is 0 Å². The molecular weight excluding hydrogens is 298 g/mol. The van der Waals surface area contributed by atoms with Gasteiger partial charge in [-0.1, -0.05) is 24.3 Å². The second kappa shape index (κ2) is 8.13. The van der Waals surface area contributed by atoms with E-state index in [1.165, 1.54) is 44.5 Å². The molecule has 1 unspecified atom stereocenters. The third-order valence-corrected chi connectivity index (χ3v) is 5.63. The van der Waals surface area contributed by atoms with Gasteiger partial charge in [0.25, 0.3) is 0 Å². The quantitative estimate of drug-likeness (QED) is 0.920. The third-order valence-electron chi connectivity index (χ3n) is 5.63. The number of nitrogens with one attached hydrogen (secondary N) is 1. The van der Waals surface area contributed by atoms with Crippen molar-refractivity contribution < 1.29 is 4.79 Å². The molecule has 2 aliphatic rings. The van der Waals surface area contributed by atoms with Gasteiger partial charge in [-0.25, -0.2) is 0 Å². The van der Waals surface area contributed by atoms with Crippen molar-refractivity contribution in [2.24, 2.45) is 0 Å². The molecule has 24 heavy (non-hydrogen) atoms. The maximum absolute atomic E-state index is 12.4. The van der Waals surface area contributed by atoms with Gasteiger partial charge in [-0.05, 0) is 70.4 Å². The molecule has 2 aliphatic heterocycles. The predicted molar refractivity (Wildman–Crippen MR) is 98.1 cm³/mol. The summed E-state index contributed by atoms with van der Waals surface area (Å²) in [5.41, 5.74) is 2.34. The van der Waals surface area contributed by atoms with E-state index in [1.807, 2.05) is 12.1 Å². The van der Waals surface area contributed by atoms with Crippen molar-refractivity contribution in [3.05, 3.63) is 35.4 Å². The van der Waals surface area contributed by atoms with Gasteiger partial charge in [0, 0.05) is 18.6 Å². The molecule has 1 N–H and O–H groups in total. The highest BCUT2D eigenvalue weighted by atomic mass is 16.1. The lowest BCUT2D eigenvalue weighted by Crippen LogP contribution is -2.53. The average molecular weight is 329 g/mol. The largest absolute Gasteiger partial charge is 0.352 e. The molecule has 1 atom stereocenters. The van der Waals surface area contributed by atoms with E-state index in [9.17, 15) is 4.79 Å². The minimum Gasteiger partial charge on any atom is -0.352 e. The van der Waals surface area contributed by atoms with Crippen molar-refractivity contribution in [1.82, 2.24) is 15.1 Å². The lowest BCUT2D eigenvalue weighted by atomic mass is 9.98. The highest BCUT2D eigenvalue weighted by Gasteiger charge is 2.28. The summed E-state index contributed by atoms with van der Waals surface area (Å²) in [6.07, 6.45) is 5.34. The molecule has 0 aromatic heterocycles. The fourth-order valence-corrected chi connectivity index (χ4v) is 4.08. The van der Waals surface area contributed by atoms with Gasteiger partial charge < -0.3 is 10.2 Å². The minimum atomic E-state index is 0.166. The number of hydrogen-bond donors (Lipinski definition) is 1. The molecule has 4 heteroatoms. The smallest absolute Gasteiger partial charge is 0.224 e. The Labute approximate surface area is 146 Å². The minimum absolute atomic E-state index is 0.166. The van der Waals surface area contributed by atoms with Crippen molar-refractivity contribution in [3.63, 3.8) is 0 Å². The first-order valence-electron chi connectivity index (χ1n) is 9.38. The SMILES string of the molecule is Cc1ccccc1CC(=O)NC1CCCN(C2CCN(C)CC2)C1. The summed E-state index contributed by atoms with van der Waals surface area (Å²) in [5, 5.41) is 3.28. The zero-order chi connectivity index (χ0) is 16.9. The normalized spacial score (nSPS) is 24.0. The number of amides is 1. The summed E-state index contributed by atoms with van der Waals surface area (Å²) in [5.74, 6) is 0.166. The number of hydrogen-bond acceptors (Lipinski definition) is 3. The Bertz CT molecular complexity index is 552. The number of carbonyl (C=O) groups is 1. The van der Waals surface area contributed by atoms with E-state index in [4.69, 9.17) is 0 Å². The lowest BCUT2D eigenvalue weighted by Gasteiger charge is -2.41. The molecule has 2 heterocycles. The summed E-state index contributed by atoms with van der Waals surface area (Å²) in [7, 11) is 2.21. The van der Waals surface area contributed by atoms with Crippen LogP contribution in [0, 0.1) is 6.92 Å². The van der Waals surface area contributed by atoms with Crippen LogP contribution < -0.4 is 5.32 Å². The van der Waals surface area contributed by atoms with Gasteiger partial charge in [-0.2, -0.15) is 0 Å². The Morgan fingerprint density at radius 1 is 1.17 bits per heavy atom. The maximum Gasteiger partial charge on any atom is 0.224 e. The van der Waals surface area contributed by atoms with Crippen LogP contribution in [-0.2, 0) is 11.2 Å². The fraction of sp³-hybridized carbons (Fsp3) is 0.650. The fourth-order valence-electron chi connectivity index (χ4n) is 4.08. The van der Waals surface area contributed by atoms with Crippen LogP contribution >= 0.6 is 0 Å². The standard InChI is InChI=1S/C20H31N3O/c1-16-6-3-4-7-17(16)14-20(24)21-18-8-5-11-23(15-18)19-9-12-22(2)13-10-19/h3-4,6-7,18-19H,5,8-15H2,1-2H3,(H,21,24). The number of aryl methyl sites for hydroxylation is 1. The molecule has 1 amide bonds. The van der Waals surface area contributed by atoms with Gasteiger partial charge in [0.05, 0.1) is 6.42 Å². The first-order chi connectivity index (χ1) is 11.6.